The van der Waals surface area contributed by atoms with Gasteiger partial charge in [-0.3, -0.25) is 0 Å². The lowest BCUT2D eigenvalue weighted by Crippen LogP contribution is -2.11. The second-order valence-corrected chi connectivity index (χ2v) is 14.4. The lowest BCUT2D eigenvalue weighted by atomic mass is 9.86. The van der Waals surface area contributed by atoms with Crippen LogP contribution in [0.15, 0.2) is 221 Å². The molecule has 0 bridgehead atoms. The molecular weight excluding hydrogens is 695 g/mol. The molecule has 2 heterocycles. The molecule has 0 N–H and O–H groups in total. The van der Waals surface area contributed by atoms with Gasteiger partial charge >= 0.3 is 0 Å². The van der Waals surface area contributed by atoms with E-state index in [0.717, 1.165) is 94.3 Å². The molecule has 11 rings (SSSR count). The molecule has 0 saturated carbocycles. The summed E-state index contributed by atoms with van der Waals surface area (Å²) in [4.78, 5) is 2.36. The number of rotatable bonds is 7. The second kappa shape index (κ2) is 13.6. The fraction of sp³-hybridized carbons (Fsp3) is 0. The minimum atomic E-state index is 0.848. The summed E-state index contributed by atoms with van der Waals surface area (Å²) < 4.78 is 13.0. The van der Waals surface area contributed by atoms with Crippen LogP contribution in [-0.2, 0) is 0 Å². The lowest BCUT2D eigenvalue weighted by Gasteiger charge is -2.29. The SMILES string of the molecule is c1ccc(-c2ccc(N(c3ccc4c(c3)oc3ccccc34)c3ccccc3-c3ccc4oc5ccccc5c4c3-c3ccccc3-c3ccccc3)cc2)cc1. The Morgan fingerprint density at radius 1 is 0.298 bits per heavy atom. The number of furan rings is 2. The van der Waals surface area contributed by atoms with E-state index in [9.17, 15) is 0 Å². The fourth-order valence-corrected chi connectivity index (χ4v) is 8.50. The molecule has 0 unspecified atom stereocenters. The van der Waals surface area contributed by atoms with Gasteiger partial charge in [0.1, 0.15) is 22.3 Å². The highest BCUT2D eigenvalue weighted by atomic mass is 16.3. The third-order valence-corrected chi connectivity index (χ3v) is 11.1. The van der Waals surface area contributed by atoms with E-state index in [1.165, 1.54) is 11.1 Å². The summed E-state index contributed by atoms with van der Waals surface area (Å²) in [6, 6.07) is 75.1. The van der Waals surface area contributed by atoms with Gasteiger partial charge in [0.2, 0.25) is 0 Å². The highest BCUT2D eigenvalue weighted by molar-refractivity contribution is 6.18. The van der Waals surface area contributed by atoms with Gasteiger partial charge in [-0.2, -0.15) is 0 Å². The Morgan fingerprint density at radius 3 is 1.61 bits per heavy atom. The lowest BCUT2D eigenvalue weighted by molar-refractivity contribution is 0.668. The highest BCUT2D eigenvalue weighted by Crippen LogP contribution is 2.50. The number of anilines is 3. The van der Waals surface area contributed by atoms with Crippen LogP contribution >= 0.6 is 0 Å². The maximum Gasteiger partial charge on any atom is 0.137 e. The monoisotopic (exact) mass is 729 g/mol. The third kappa shape index (κ3) is 5.60. The van der Waals surface area contributed by atoms with Crippen LogP contribution in [0.2, 0.25) is 0 Å². The first-order valence-electron chi connectivity index (χ1n) is 19.3. The van der Waals surface area contributed by atoms with Gasteiger partial charge in [-0.05, 0) is 88.0 Å². The van der Waals surface area contributed by atoms with Crippen LogP contribution in [0.5, 0.6) is 0 Å². The summed E-state index contributed by atoms with van der Waals surface area (Å²) in [7, 11) is 0. The number of fused-ring (bicyclic) bond motifs is 6. The Balaban J connectivity index is 1.18. The molecule has 0 aliphatic rings. The van der Waals surface area contributed by atoms with Gasteiger partial charge in [0.25, 0.3) is 0 Å². The topological polar surface area (TPSA) is 29.5 Å². The zero-order valence-corrected chi connectivity index (χ0v) is 31.0. The van der Waals surface area contributed by atoms with E-state index >= 15 is 0 Å². The van der Waals surface area contributed by atoms with Crippen molar-refractivity contribution in [3.8, 4) is 44.5 Å². The minimum Gasteiger partial charge on any atom is -0.456 e. The van der Waals surface area contributed by atoms with Crippen molar-refractivity contribution in [1.82, 2.24) is 0 Å². The normalized spacial score (nSPS) is 11.5. The molecule has 268 valence electrons. The largest absolute Gasteiger partial charge is 0.456 e. The third-order valence-electron chi connectivity index (χ3n) is 11.1. The van der Waals surface area contributed by atoms with Crippen molar-refractivity contribution in [1.29, 1.82) is 0 Å². The maximum absolute atomic E-state index is 6.56. The molecule has 3 nitrogen and oxygen atoms in total. The zero-order valence-electron chi connectivity index (χ0n) is 31.0. The molecule has 0 atom stereocenters. The van der Waals surface area contributed by atoms with Crippen LogP contribution in [0.25, 0.3) is 88.4 Å². The molecule has 3 heteroatoms. The van der Waals surface area contributed by atoms with E-state index in [1.54, 1.807) is 0 Å². The Labute approximate surface area is 330 Å². The van der Waals surface area contributed by atoms with Gasteiger partial charge < -0.3 is 13.7 Å². The summed E-state index contributed by atoms with van der Waals surface area (Å²) in [6.45, 7) is 0. The second-order valence-electron chi connectivity index (χ2n) is 14.4. The number of hydrogen-bond donors (Lipinski definition) is 0. The van der Waals surface area contributed by atoms with Crippen molar-refractivity contribution in [2.45, 2.75) is 0 Å². The van der Waals surface area contributed by atoms with Gasteiger partial charge in [0.05, 0.1) is 5.69 Å². The average Bonchev–Trinajstić information content (AvgIpc) is 3.85. The predicted molar refractivity (Wildman–Crippen MR) is 237 cm³/mol. The average molecular weight is 730 g/mol. The van der Waals surface area contributed by atoms with E-state index in [-0.39, 0.29) is 0 Å². The van der Waals surface area contributed by atoms with Gasteiger partial charge in [-0.1, -0.05) is 152 Å². The molecular formula is C54H35NO2. The predicted octanol–water partition coefficient (Wildman–Crippen LogP) is 15.6. The van der Waals surface area contributed by atoms with Crippen LogP contribution < -0.4 is 4.90 Å². The van der Waals surface area contributed by atoms with Crippen LogP contribution in [0.4, 0.5) is 17.1 Å². The maximum atomic E-state index is 6.56. The van der Waals surface area contributed by atoms with Gasteiger partial charge in [-0.25, -0.2) is 0 Å². The van der Waals surface area contributed by atoms with E-state index in [2.05, 4.69) is 199 Å². The summed E-state index contributed by atoms with van der Waals surface area (Å²) in [5.41, 5.74) is 15.7. The summed E-state index contributed by atoms with van der Waals surface area (Å²) in [5, 5.41) is 4.40. The van der Waals surface area contributed by atoms with Crippen LogP contribution in [-0.4, -0.2) is 0 Å². The van der Waals surface area contributed by atoms with E-state index in [1.807, 2.05) is 18.2 Å². The van der Waals surface area contributed by atoms with Crippen molar-refractivity contribution in [3.63, 3.8) is 0 Å². The van der Waals surface area contributed by atoms with E-state index in [4.69, 9.17) is 8.83 Å². The highest BCUT2D eigenvalue weighted by Gasteiger charge is 2.24. The smallest absolute Gasteiger partial charge is 0.137 e. The Kier molecular flexibility index (Phi) is 7.82. The molecule has 57 heavy (non-hydrogen) atoms. The molecule has 2 aromatic heterocycles. The first kappa shape index (κ1) is 32.8. The standard InChI is InChI=1S/C54H35NO2/c1-3-15-36(16-4-1)37-27-29-39(30-28-37)55(40-31-32-44-43-21-10-13-25-49(43)57-52(44)35-40)48-24-12-9-20-42(48)46-33-34-51-54(47-23-11-14-26-50(47)56-51)53(46)45-22-8-7-19-41(45)38-17-5-2-6-18-38/h1-35H. The van der Waals surface area contributed by atoms with E-state index < -0.39 is 0 Å². The van der Waals surface area contributed by atoms with Crippen molar-refractivity contribution in [3.05, 3.63) is 212 Å². The number of hydrogen-bond acceptors (Lipinski definition) is 3. The fourth-order valence-electron chi connectivity index (χ4n) is 8.50. The first-order chi connectivity index (χ1) is 28.3. The summed E-state index contributed by atoms with van der Waals surface area (Å²) >= 11 is 0. The molecule has 0 radical (unpaired) electrons. The van der Waals surface area contributed by atoms with Crippen molar-refractivity contribution >= 4 is 60.9 Å². The molecule has 0 fully saturated rings. The molecule has 0 amide bonds. The van der Waals surface area contributed by atoms with Gasteiger partial charge in [-0.15, -0.1) is 0 Å². The molecule has 9 aromatic carbocycles. The first-order valence-corrected chi connectivity index (χ1v) is 19.3. The van der Waals surface area contributed by atoms with Crippen molar-refractivity contribution in [2.75, 3.05) is 4.90 Å². The number of para-hydroxylation sites is 3. The molecule has 0 saturated heterocycles. The summed E-state index contributed by atoms with van der Waals surface area (Å²) in [5.74, 6) is 0. The van der Waals surface area contributed by atoms with Gasteiger partial charge in [0, 0.05) is 50.1 Å². The van der Waals surface area contributed by atoms with Crippen LogP contribution in [0.3, 0.4) is 0 Å². The molecule has 11 aromatic rings. The Hall–Kier alpha value is -7.62. The minimum absolute atomic E-state index is 0.848. The Morgan fingerprint density at radius 2 is 0.842 bits per heavy atom. The van der Waals surface area contributed by atoms with Crippen molar-refractivity contribution < 1.29 is 8.83 Å². The van der Waals surface area contributed by atoms with Crippen molar-refractivity contribution in [2.24, 2.45) is 0 Å². The number of nitrogens with zero attached hydrogens (tertiary/aromatic N) is 1. The number of benzene rings is 9. The molecule has 0 aliphatic carbocycles. The van der Waals surface area contributed by atoms with Gasteiger partial charge in [0.15, 0.2) is 0 Å². The molecule has 0 spiro atoms. The quantitative estimate of drug-likeness (QED) is 0.164. The van der Waals surface area contributed by atoms with Crippen LogP contribution in [0.1, 0.15) is 0 Å². The zero-order chi connectivity index (χ0) is 37.7. The Bertz CT molecular complexity index is 3230. The molecule has 0 aliphatic heterocycles. The summed E-state index contributed by atoms with van der Waals surface area (Å²) in [6.07, 6.45) is 0. The van der Waals surface area contributed by atoms with E-state index in [0.29, 0.717) is 0 Å². The van der Waals surface area contributed by atoms with Crippen LogP contribution in [0, 0.1) is 0 Å².